The number of amides is 4. The molecule has 30 heavy (non-hydrogen) atoms. The topological polar surface area (TPSA) is 108 Å². The van der Waals surface area contributed by atoms with Crippen LogP contribution in [0.15, 0.2) is 18.2 Å². The number of hydrogen-bond acceptors (Lipinski definition) is 6. The first-order chi connectivity index (χ1) is 14.5. The van der Waals surface area contributed by atoms with Gasteiger partial charge in [0.05, 0.1) is 11.1 Å². The highest BCUT2D eigenvalue weighted by atomic mass is 16.2. The second-order valence-corrected chi connectivity index (χ2v) is 8.29. The third-order valence-electron chi connectivity index (χ3n) is 6.15. The Morgan fingerprint density at radius 2 is 1.73 bits per heavy atom. The van der Waals surface area contributed by atoms with Crippen LogP contribution in [0.1, 0.15) is 71.2 Å². The van der Waals surface area contributed by atoms with Crippen molar-refractivity contribution in [2.75, 3.05) is 13.1 Å². The summed E-state index contributed by atoms with van der Waals surface area (Å²) >= 11 is 0. The molecular weight excluding hydrogens is 384 g/mol. The van der Waals surface area contributed by atoms with Gasteiger partial charge in [0.1, 0.15) is 6.04 Å². The minimum Gasteiger partial charge on any atom is -0.314 e. The normalized spacial score (nSPS) is 22.0. The summed E-state index contributed by atoms with van der Waals surface area (Å²) in [4.78, 5) is 50.0. The Morgan fingerprint density at radius 1 is 0.967 bits per heavy atom. The van der Waals surface area contributed by atoms with Gasteiger partial charge in [0.25, 0.3) is 11.8 Å². The SMILES string of the molecule is O=C1CCC(N2C(=O)c3ccc(CNCCCNC4CCCC4)cc3C2=O)C(=O)N1. The Hall–Kier alpha value is -2.58. The van der Waals surface area contributed by atoms with Crippen molar-refractivity contribution in [3.05, 3.63) is 34.9 Å². The third kappa shape index (κ3) is 4.29. The zero-order chi connectivity index (χ0) is 21.1. The number of carbonyl (C=O) groups excluding carboxylic acids is 4. The number of benzene rings is 1. The summed E-state index contributed by atoms with van der Waals surface area (Å²) in [6.07, 6.45) is 6.54. The Bertz CT molecular complexity index is 863. The van der Waals surface area contributed by atoms with Gasteiger partial charge in [-0.2, -0.15) is 0 Å². The van der Waals surface area contributed by atoms with E-state index in [0.29, 0.717) is 23.7 Å². The molecule has 2 heterocycles. The Labute approximate surface area is 175 Å². The molecule has 1 saturated heterocycles. The fourth-order valence-corrected chi connectivity index (χ4v) is 4.51. The zero-order valence-electron chi connectivity index (χ0n) is 17.0. The fourth-order valence-electron chi connectivity index (χ4n) is 4.51. The molecule has 1 aromatic rings. The van der Waals surface area contributed by atoms with Crippen LogP contribution in [-0.2, 0) is 16.1 Å². The van der Waals surface area contributed by atoms with Gasteiger partial charge in [-0.3, -0.25) is 29.4 Å². The van der Waals surface area contributed by atoms with Crippen LogP contribution in [0.2, 0.25) is 0 Å². The van der Waals surface area contributed by atoms with E-state index < -0.39 is 23.8 Å². The molecule has 8 nitrogen and oxygen atoms in total. The van der Waals surface area contributed by atoms with Crippen LogP contribution in [0.3, 0.4) is 0 Å². The van der Waals surface area contributed by atoms with Crippen molar-refractivity contribution in [1.82, 2.24) is 20.9 Å². The summed E-state index contributed by atoms with van der Waals surface area (Å²) < 4.78 is 0. The number of nitrogens with one attached hydrogen (secondary N) is 3. The van der Waals surface area contributed by atoms with Crippen molar-refractivity contribution >= 4 is 23.6 Å². The average Bonchev–Trinajstić information content (AvgIpc) is 3.33. The third-order valence-corrected chi connectivity index (χ3v) is 6.15. The summed E-state index contributed by atoms with van der Waals surface area (Å²) in [6.45, 7) is 2.47. The van der Waals surface area contributed by atoms with E-state index in [1.807, 2.05) is 6.07 Å². The zero-order valence-corrected chi connectivity index (χ0v) is 17.0. The van der Waals surface area contributed by atoms with Crippen molar-refractivity contribution in [1.29, 1.82) is 0 Å². The Balaban J connectivity index is 1.30. The maximum atomic E-state index is 12.8. The number of fused-ring (bicyclic) bond motifs is 1. The van der Waals surface area contributed by atoms with E-state index in [1.165, 1.54) is 25.7 Å². The van der Waals surface area contributed by atoms with Crippen LogP contribution >= 0.6 is 0 Å². The first-order valence-electron chi connectivity index (χ1n) is 10.8. The van der Waals surface area contributed by atoms with Crippen LogP contribution in [0.4, 0.5) is 0 Å². The minimum absolute atomic E-state index is 0.120. The fraction of sp³-hybridized carbons (Fsp3) is 0.545. The Kier molecular flexibility index (Phi) is 6.24. The van der Waals surface area contributed by atoms with E-state index in [2.05, 4.69) is 16.0 Å². The van der Waals surface area contributed by atoms with Crippen molar-refractivity contribution in [3.8, 4) is 0 Å². The molecule has 1 aromatic carbocycles. The molecule has 2 aliphatic heterocycles. The lowest BCUT2D eigenvalue weighted by Crippen LogP contribution is -2.54. The van der Waals surface area contributed by atoms with Crippen LogP contribution in [0, 0.1) is 0 Å². The van der Waals surface area contributed by atoms with Crippen LogP contribution in [0.25, 0.3) is 0 Å². The molecule has 1 aliphatic carbocycles. The lowest BCUT2D eigenvalue weighted by atomic mass is 10.0. The highest BCUT2D eigenvalue weighted by molar-refractivity contribution is 6.23. The van der Waals surface area contributed by atoms with E-state index in [0.717, 1.165) is 30.0 Å². The van der Waals surface area contributed by atoms with Crippen LogP contribution < -0.4 is 16.0 Å². The molecule has 4 rings (SSSR count). The van der Waals surface area contributed by atoms with Crippen molar-refractivity contribution in [2.24, 2.45) is 0 Å². The molecule has 0 aromatic heterocycles. The van der Waals surface area contributed by atoms with E-state index in [1.54, 1.807) is 12.1 Å². The molecule has 0 radical (unpaired) electrons. The molecular formula is C22H28N4O4. The minimum atomic E-state index is -0.927. The maximum absolute atomic E-state index is 12.8. The number of imide groups is 2. The molecule has 0 spiro atoms. The molecule has 0 bridgehead atoms. The van der Waals surface area contributed by atoms with Gasteiger partial charge < -0.3 is 10.6 Å². The molecule has 1 unspecified atom stereocenters. The molecule has 3 N–H and O–H groups in total. The van der Waals surface area contributed by atoms with Gasteiger partial charge in [-0.25, -0.2) is 0 Å². The molecule has 1 atom stereocenters. The van der Waals surface area contributed by atoms with Gasteiger partial charge >= 0.3 is 0 Å². The first-order valence-corrected chi connectivity index (χ1v) is 10.8. The highest BCUT2D eigenvalue weighted by Crippen LogP contribution is 2.28. The van der Waals surface area contributed by atoms with E-state index in [-0.39, 0.29) is 18.7 Å². The average molecular weight is 412 g/mol. The predicted octanol–water partition coefficient (Wildman–Crippen LogP) is 1.10. The van der Waals surface area contributed by atoms with Gasteiger partial charge in [-0.05, 0) is 56.5 Å². The monoisotopic (exact) mass is 412 g/mol. The van der Waals surface area contributed by atoms with Gasteiger partial charge in [0.2, 0.25) is 11.8 Å². The second kappa shape index (κ2) is 9.06. The molecule has 1 saturated carbocycles. The number of piperidine rings is 1. The molecule has 2 fully saturated rings. The van der Waals surface area contributed by atoms with Gasteiger partial charge in [-0.1, -0.05) is 18.9 Å². The van der Waals surface area contributed by atoms with Crippen molar-refractivity contribution in [2.45, 2.75) is 63.6 Å². The quantitative estimate of drug-likeness (QED) is 0.436. The molecule has 3 aliphatic rings. The molecule has 160 valence electrons. The number of carbonyl (C=O) groups is 4. The number of rotatable bonds is 8. The van der Waals surface area contributed by atoms with Crippen LogP contribution in [-0.4, -0.2) is 53.7 Å². The van der Waals surface area contributed by atoms with Gasteiger partial charge in [0, 0.05) is 19.0 Å². The Morgan fingerprint density at radius 3 is 2.50 bits per heavy atom. The maximum Gasteiger partial charge on any atom is 0.262 e. The summed E-state index contributed by atoms with van der Waals surface area (Å²) in [6, 6.07) is 4.97. The van der Waals surface area contributed by atoms with Crippen LogP contribution in [0.5, 0.6) is 0 Å². The van der Waals surface area contributed by atoms with Gasteiger partial charge in [-0.15, -0.1) is 0 Å². The highest BCUT2D eigenvalue weighted by Gasteiger charge is 2.44. The van der Waals surface area contributed by atoms with E-state index in [4.69, 9.17) is 0 Å². The second-order valence-electron chi connectivity index (χ2n) is 8.29. The van der Waals surface area contributed by atoms with Crippen molar-refractivity contribution < 1.29 is 19.2 Å². The first kappa shape index (κ1) is 20.7. The number of nitrogens with zero attached hydrogens (tertiary/aromatic N) is 1. The van der Waals surface area contributed by atoms with Gasteiger partial charge in [0.15, 0.2) is 0 Å². The number of hydrogen-bond donors (Lipinski definition) is 3. The summed E-state index contributed by atoms with van der Waals surface area (Å²) in [5.41, 5.74) is 1.56. The summed E-state index contributed by atoms with van der Waals surface area (Å²) in [7, 11) is 0. The smallest absolute Gasteiger partial charge is 0.262 e. The lowest BCUT2D eigenvalue weighted by molar-refractivity contribution is -0.136. The summed E-state index contributed by atoms with van der Waals surface area (Å²) in [5.74, 6) is -1.90. The van der Waals surface area contributed by atoms with Crippen molar-refractivity contribution in [3.63, 3.8) is 0 Å². The molecule has 4 amide bonds. The van der Waals surface area contributed by atoms with E-state index in [9.17, 15) is 19.2 Å². The van der Waals surface area contributed by atoms with E-state index >= 15 is 0 Å². The largest absolute Gasteiger partial charge is 0.314 e. The molecule has 8 heteroatoms. The summed E-state index contributed by atoms with van der Waals surface area (Å²) in [5, 5.41) is 9.17. The standard InChI is InChI=1S/C22H28N4O4/c27-19-9-8-18(20(28)25-19)26-21(29)16-7-6-14(12-17(16)22(26)30)13-23-10-3-11-24-15-4-1-2-5-15/h6-7,12,15,18,23-24H,1-5,8-11,13H2,(H,25,27,28). The lowest BCUT2D eigenvalue weighted by Gasteiger charge is -2.27. The predicted molar refractivity (Wildman–Crippen MR) is 110 cm³/mol.